The van der Waals surface area contributed by atoms with Gasteiger partial charge in [-0.05, 0) is 34.9 Å². The number of aromatic nitrogens is 2. The number of hydrogen-bond donors (Lipinski definition) is 2. The summed E-state index contributed by atoms with van der Waals surface area (Å²) >= 11 is 0. The van der Waals surface area contributed by atoms with Crippen LogP contribution in [0.2, 0.25) is 0 Å². The first-order valence-corrected chi connectivity index (χ1v) is 8.37. The Balaban J connectivity index is 2.07. The van der Waals surface area contributed by atoms with Crippen LogP contribution in [-0.2, 0) is 10.2 Å². The molecule has 8 heteroatoms. The van der Waals surface area contributed by atoms with Gasteiger partial charge in [-0.3, -0.25) is 4.98 Å². The van der Waals surface area contributed by atoms with Crippen molar-refractivity contribution in [2.75, 3.05) is 0 Å². The minimum atomic E-state index is -4.19. The molecular formula is C16H13N3O4S. The molecule has 122 valence electrons. The lowest BCUT2D eigenvalue weighted by Crippen LogP contribution is -2.24. The summed E-state index contributed by atoms with van der Waals surface area (Å²) in [5, 5.41) is 14.4. The first-order chi connectivity index (χ1) is 11.4. The van der Waals surface area contributed by atoms with Crippen LogP contribution in [0.25, 0.3) is 22.3 Å². The Kier molecular flexibility index (Phi) is 3.92. The largest absolute Gasteiger partial charge is 0.477 e. The third-order valence-electron chi connectivity index (χ3n) is 3.54. The number of carbonyl (C=O) groups is 1. The Bertz CT molecular complexity index is 994. The van der Waals surface area contributed by atoms with Gasteiger partial charge in [-0.25, -0.2) is 13.9 Å². The molecule has 2 aromatic heterocycles. The summed E-state index contributed by atoms with van der Waals surface area (Å²) in [6.45, 7) is 0. The average molecular weight is 343 g/mol. The molecule has 0 saturated carbocycles. The SMILES string of the molecule is NS(=O)(=O)n1ccc(-c2ccc(-c3ccncc3)cc2)c1C(=O)O. The molecule has 0 aliphatic heterocycles. The van der Waals surface area contributed by atoms with Crippen LogP contribution < -0.4 is 5.14 Å². The number of aromatic carboxylic acids is 1. The second-order valence-electron chi connectivity index (χ2n) is 5.04. The first kappa shape index (κ1) is 15.9. The van der Waals surface area contributed by atoms with Gasteiger partial charge in [-0.1, -0.05) is 24.3 Å². The van der Waals surface area contributed by atoms with Crippen molar-refractivity contribution in [2.24, 2.45) is 5.14 Å². The Morgan fingerprint density at radius 1 is 0.958 bits per heavy atom. The van der Waals surface area contributed by atoms with Crippen molar-refractivity contribution in [3.63, 3.8) is 0 Å². The van der Waals surface area contributed by atoms with Crippen molar-refractivity contribution in [1.29, 1.82) is 0 Å². The zero-order chi connectivity index (χ0) is 17.3. The van der Waals surface area contributed by atoms with Crippen LogP contribution in [0.3, 0.4) is 0 Å². The zero-order valence-electron chi connectivity index (χ0n) is 12.3. The second kappa shape index (κ2) is 5.91. The third-order valence-corrected chi connectivity index (χ3v) is 4.39. The predicted octanol–water partition coefficient (Wildman–Crippen LogP) is 1.97. The molecule has 0 aliphatic rings. The van der Waals surface area contributed by atoms with Crippen molar-refractivity contribution in [3.8, 4) is 22.3 Å². The Morgan fingerprint density at radius 2 is 1.50 bits per heavy atom. The molecule has 0 fully saturated rings. The van der Waals surface area contributed by atoms with Gasteiger partial charge in [0.2, 0.25) is 0 Å². The van der Waals surface area contributed by atoms with Gasteiger partial charge in [0.15, 0.2) is 5.69 Å². The van der Waals surface area contributed by atoms with E-state index in [-0.39, 0.29) is 5.56 Å². The monoisotopic (exact) mass is 343 g/mol. The molecule has 3 N–H and O–H groups in total. The van der Waals surface area contributed by atoms with Crippen molar-refractivity contribution in [3.05, 3.63) is 66.7 Å². The molecule has 2 heterocycles. The molecule has 0 radical (unpaired) electrons. The molecule has 3 aromatic rings. The summed E-state index contributed by atoms with van der Waals surface area (Å²) in [5.74, 6) is -1.37. The summed E-state index contributed by atoms with van der Waals surface area (Å²) in [6, 6.07) is 12.2. The van der Waals surface area contributed by atoms with Gasteiger partial charge < -0.3 is 5.11 Å². The molecule has 0 aliphatic carbocycles. The van der Waals surface area contributed by atoms with E-state index in [0.29, 0.717) is 9.54 Å². The van der Waals surface area contributed by atoms with Crippen molar-refractivity contribution in [2.45, 2.75) is 0 Å². The number of carboxylic acid groups (broad SMARTS) is 1. The summed E-state index contributed by atoms with van der Waals surface area (Å²) < 4.78 is 23.6. The predicted molar refractivity (Wildman–Crippen MR) is 88.6 cm³/mol. The van der Waals surface area contributed by atoms with E-state index in [4.69, 9.17) is 5.14 Å². The van der Waals surface area contributed by atoms with Crippen LogP contribution in [0.4, 0.5) is 0 Å². The van der Waals surface area contributed by atoms with Crippen molar-refractivity contribution >= 4 is 16.2 Å². The highest BCUT2D eigenvalue weighted by Crippen LogP contribution is 2.28. The van der Waals surface area contributed by atoms with Crippen LogP contribution in [0, 0.1) is 0 Å². The molecule has 7 nitrogen and oxygen atoms in total. The van der Waals surface area contributed by atoms with Crippen LogP contribution in [0.1, 0.15) is 10.5 Å². The van der Waals surface area contributed by atoms with E-state index in [0.717, 1.165) is 17.3 Å². The number of pyridine rings is 1. The maximum absolute atomic E-state index is 11.5. The minimum Gasteiger partial charge on any atom is -0.477 e. The fourth-order valence-electron chi connectivity index (χ4n) is 2.46. The highest BCUT2D eigenvalue weighted by Gasteiger charge is 2.22. The van der Waals surface area contributed by atoms with E-state index >= 15 is 0 Å². The Hall–Kier alpha value is -2.97. The molecule has 0 spiro atoms. The molecule has 0 unspecified atom stereocenters. The first-order valence-electron chi connectivity index (χ1n) is 6.86. The molecule has 0 bridgehead atoms. The molecule has 3 rings (SSSR count). The fraction of sp³-hybridized carbons (Fsp3) is 0. The third kappa shape index (κ3) is 2.92. The van der Waals surface area contributed by atoms with Gasteiger partial charge in [-0.2, -0.15) is 8.42 Å². The van der Waals surface area contributed by atoms with E-state index in [1.807, 2.05) is 24.3 Å². The quantitative estimate of drug-likeness (QED) is 0.751. The van der Waals surface area contributed by atoms with Gasteiger partial charge in [0.05, 0.1) is 0 Å². The fourth-order valence-corrected chi connectivity index (χ4v) is 3.12. The summed E-state index contributed by atoms with van der Waals surface area (Å²) in [6.07, 6.45) is 4.49. The van der Waals surface area contributed by atoms with Crippen LogP contribution >= 0.6 is 0 Å². The number of carboxylic acids is 1. The standard InChI is InChI=1S/C16H13N3O4S/c17-24(22,23)19-10-7-14(15(19)16(20)21)13-3-1-11(2-4-13)12-5-8-18-9-6-12/h1-10H,(H,20,21)(H2,17,22,23). The van der Waals surface area contributed by atoms with E-state index in [1.54, 1.807) is 24.5 Å². The minimum absolute atomic E-state index is 0.276. The van der Waals surface area contributed by atoms with E-state index in [2.05, 4.69) is 4.98 Å². The maximum atomic E-state index is 11.5. The molecule has 1 aromatic carbocycles. The van der Waals surface area contributed by atoms with E-state index < -0.39 is 21.9 Å². The van der Waals surface area contributed by atoms with Crippen LogP contribution in [0.15, 0.2) is 61.1 Å². The zero-order valence-corrected chi connectivity index (χ0v) is 13.1. The highest BCUT2D eigenvalue weighted by molar-refractivity contribution is 7.87. The summed E-state index contributed by atoms with van der Waals surface area (Å²) in [4.78, 5) is 15.4. The van der Waals surface area contributed by atoms with Gasteiger partial charge >= 0.3 is 16.2 Å². The molecule has 0 amide bonds. The number of nitrogens with two attached hydrogens (primary N) is 1. The lowest BCUT2D eigenvalue weighted by Gasteiger charge is -2.07. The smallest absolute Gasteiger partial charge is 0.354 e. The van der Waals surface area contributed by atoms with Gasteiger partial charge in [0, 0.05) is 24.2 Å². The number of benzene rings is 1. The highest BCUT2D eigenvalue weighted by atomic mass is 32.2. The van der Waals surface area contributed by atoms with Gasteiger partial charge in [0.25, 0.3) is 0 Å². The van der Waals surface area contributed by atoms with E-state index in [9.17, 15) is 18.3 Å². The number of rotatable bonds is 4. The normalized spacial score (nSPS) is 11.4. The van der Waals surface area contributed by atoms with Crippen molar-refractivity contribution < 1.29 is 18.3 Å². The van der Waals surface area contributed by atoms with Gasteiger partial charge in [-0.15, -0.1) is 0 Å². The van der Waals surface area contributed by atoms with Gasteiger partial charge in [0.1, 0.15) is 0 Å². The molecule has 24 heavy (non-hydrogen) atoms. The Labute approximate surface area is 138 Å². The summed E-state index contributed by atoms with van der Waals surface area (Å²) in [7, 11) is -4.19. The van der Waals surface area contributed by atoms with Crippen molar-refractivity contribution in [1.82, 2.24) is 8.96 Å². The lowest BCUT2D eigenvalue weighted by molar-refractivity contribution is 0.0690. The molecule has 0 atom stereocenters. The number of nitrogens with zero attached hydrogens (tertiary/aromatic N) is 2. The average Bonchev–Trinajstić information content (AvgIpc) is 3.01. The van der Waals surface area contributed by atoms with Crippen LogP contribution in [0.5, 0.6) is 0 Å². The topological polar surface area (TPSA) is 115 Å². The maximum Gasteiger partial charge on any atom is 0.354 e. The molecule has 0 saturated heterocycles. The second-order valence-corrected chi connectivity index (χ2v) is 6.46. The lowest BCUT2D eigenvalue weighted by atomic mass is 10.0. The number of hydrogen-bond acceptors (Lipinski definition) is 4. The summed E-state index contributed by atoms with van der Waals surface area (Å²) in [5.41, 5.74) is 2.36. The Morgan fingerprint density at radius 3 is 2.04 bits per heavy atom. The molecular weight excluding hydrogens is 330 g/mol. The van der Waals surface area contributed by atoms with E-state index in [1.165, 1.54) is 6.07 Å². The van der Waals surface area contributed by atoms with Crippen LogP contribution in [-0.4, -0.2) is 28.5 Å².